The van der Waals surface area contributed by atoms with Crippen molar-refractivity contribution in [3.8, 4) is 5.75 Å². The lowest BCUT2D eigenvalue weighted by atomic mass is 9.95. The van der Waals surface area contributed by atoms with E-state index in [1.165, 1.54) is 5.56 Å². The van der Waals surface area contributed by atoms with E-state index in [2.05, 4.69) is 37.8 Å². The second-order valence-electron chi connectivity index (χ2n) is 5.68. The van der Waals surface area contributed by atoms with Crippen LogP contribution in [0.1, 0.15) is 39.2 Å². The van der Waals surface area contributed by atoms with Gasteiger partial charge in [0.2, 0.25) is 0 Å². The summed E-state index contributed by atoms with van der Waals surface area (Å²) in [4.78, 5) is 14.3. The van der Waals surface area contributed by atoms with E-state index < -0.39 is 0 Å². The number of carbonyl (C=O) groups excluding carboxylic acids is 1. The van der Waals surface area contributed by atoms with E-state index in [1.807, 2.05) is 12.1 Å². The lowest BCUT2D eigenvalue weighted by Crippen LogP contribution is -2.26. The summed E-state index contributed by atoms with van der Waals surface area (Å²) in [5.41, 5.74) is 1.23. The van der Waals surface area contributed by atoms with Crippen molar-refractivity contribution in [2.75, 3.05) is 26.7 Å². The average molecular weight is 291 g/mol. The van der Waals surface area contributed by atoms with Crippen LogP contribution in [0.3, 0.4) is 0 Å². The Bertz CT molecular complexity index is 427. The SMILES string of the molecule is CCN(CC)CCC(=O)CC(C)Cc1cccc(OC)c1. The summed E-state index contributed by atoms with van der Waals surface area (Å²) in [6.07, 6.45) is 2.26. The van der Waals surface area contributed by atoms with Crippen molar-refractivity contribution in [1.29, 1.82) is 0 Å². The molecule has 0 aromatic heterocycles. The molecule has 0 aliphatic rings. The fraction of sp³-hybridized carbons (Fsp3) is 0.611. The predicted octanol–water partition coefficient (Wildman–Crippen LogP) is 3.56. The lowest BCUT2D eigenvalue weighted by molar-refractivity contribution is -0.120. The van der Waals surface area contributed by atoms with E-state index in [-0.39, 0.29) is 0 Å². The molecule has 1 rings (SSSR count). The smallest absolute Gasteiger partial charge is 0.134 e. The number of Topliss-reactive ketones (excluding diaryl/α,β-unsaturated/α-hetero) is 1. The second kappa shape index (κ2) is 9.56. The molecule has 0 radical (unpaired) electrons. The number of ketones is 1. The Morgan fingerprint density at radius 2 is 2.00 bits per heavy atom. The minimum absolute atomic E-state index is 0.372. The van der Waals surface area contributed by atoms with Crippen molar-refractivity contribution in [3.63, 3.8) is 0 Å². The van der Waals surface area contributed by atoms with Crippen LogP contribution in [0.15, 0.2) is 24.3 Å². The van der Waals surface area contributed by atoms with Crippen LogP contribution in [0.2, 0.25) is 0 Å². The molecule has 0 saturated carbocycles. The van der Waals surface area contributed by atoms with Crippen molar-refractivity contribution in [1.82, 2.24) is 4.90 Å². The molecular weight excluding hydrogens is 262 g/mol. The van der Waals surface area contributed by atoms with Crippen LogP contribution < -0.4 is 4.74 Å². The molecule has 0 aliphatic heterocycles. The van der Waals surface area contributed by atoms with Crippen LogP contribution in [-0.2, 0) is 11.2 Å². The maximum Gasteiger partial charge on any atom is 0.134 e. The first-order valence-corrected chi connectivity index (χ1v) is 7.96. The number of hydrogen-bond acceptors (Lipinski definition) is 3. The number of carbonyl (C=O) groups is 1. The van der Waals surface area contributed by atoms with Crippen LogP contribution >= 0.6 is 0 Å². The normalized spacial score (nSPS) is 12.4. The lowest BCUT2D eigenvalue weighted by Gasteiger charge is -2.18. The third-order valence-electron chi connectivity index (χ3n) is 3.90. The zero-order chi connectivity index (χ0) is 15.7. The highest BCUT2D eigenvalue weighted by Gasteiger charge is 2.11. The second-order valence-corrected chi connectivity index (χ2v) is 5.68. The maximum atomic E-state index is 12.1. The molecule has 0 heterocycles. The molecule has 118 valence electrons. The number of benzene rings is 1. The standard InChI is InChI=1S/C18H29NO2/c1-5-19(6-2)11-10-17(20)13-15(3)12-16-8-7-9-18(14-16)21-4/h7-9,14-15H,5-6,10-13H2,1-4H3. The van der Waals surface area contributed by atoms with Gasteiger partial charge in [0.05, 0.1) is 7.11 Å². The van der Waals surface area contributed by atoms with E-state index in [1.54, 1.807) is 7.11 Å². The minimum atomic E-state index is 0.372. The fourth-order valence-electron chi connectivity index (χ4n) is 2.59. The maximum absolute atomic E-state index is 12.1. The molecule has 0 fully saturated rings. The molecule has 1 atom stereocenters. The van der Waals surface area contributed by atoms with Crippen molar-refractivity contribution in [2.45, 2.75) is 40.0 Å². The van der Waals surface area contributed by atoms with Gasteiger partial charge in [-0.05, 0) is 43.1 Å². The van der Waals surface area contributed by atoms with Gasteiger partial charge in [0.1, 0.15) is 11.5 Å². The molecule has 1 unspecified atom stereocenters. The molecule has 3 heteroatoms. The van der Waals surface area contributed by atoms with Crippen molar-refractivity contribution in [2.24, 2.45) is 5.92 Å². The summed E-state index contributed by atoms with van der Waals surface area (Å²) in [7, 11) is 1.68. The highest BCUT2D eigenvalue weighted by atomic mass is 16.5. The number of rotatable bonds is 10. The van der Waals surface area contributed by atoms with Gasteiger partial charge in [-0.1, -0.05) is 32.9 Å². The van der Waals surface area contributed by atoms with Gasteiger partial charge in [-0.3, -0.25) is 4.79 Å². The highest BCUT2D eigenvalue weighted by Crippen LogP contribution is 2.18. The van der Waals surface area contributed by atoms with Crippen molar-refractivity contribution < 1.29 is 9.53 Å². The molecule has 1 aromatic rings. The molecule has 0 amide bonds. The number of nitrogens with zero attached hydrogens (tertiary/aromatic N) is 1. The first kappa shape index (κ1) is 17.7. The van der Waals surface area contributed by atoms with Gasteiger partial charge in [0.15, 0.2) is 0 Å². The summed E-state index contributed by atoms with van der Waals surface area (Å²) in [6, 6.07) is 8.10. The molecule has 1 aromatic carbocycles. The minimum Gasteiger partial charge on any atom is -0.497 e. The van der Waals surface area contributed by atoms with Gasteiger partial charge in [-0.15, -0.1) is 0 Å². The van der Waals surface area contributed by atoms with Crippen molar-refractivity contribution in [3.05, 3.63) is 29.8 Å². The third kappa shape index (κ3) is 6.76. The molecule has 21 heavy (non-hydrogen) atoms. The Kier molecular flexibility index (Phi) is 8.06. The van der Waals surface area contributed by atoms with Crippen LogP contribution in [0.25, 0.3) is 0 Å². The largest absolute Gasteiger partial charge is 0.497 e. The molecule has 0 N–H and O–H groups in total. The van der Waals surface area contributed by atoms with Gasteiger partial charge < -0.3 is 9.64 Å². The molecule has 0 saturated heterocycles. The molecule has 0 aliphatic carbocycles. The number of ether oxygens (including phenoxy) is 1. The summed E-state index contributed by atoms with van der Waals surface area (Å²) in [6.45, 7) is 9.34. The summed E-state index contributed by atoms with van der Waals surface area (Å²) in [5, 5.41) is 0. The van der Waals surface area contributed by atoms with E-state index >= 15 is 0 Å². The molecule has 3 nitrogen and oxygen atoms in total. The van der Waals surface area contributed by atoms with E-state index in [9.17, 15) is 4.79 Å². The summed E-state index contributed by atoms with van der Waals surface area (Å²) < 4.78 is 5.23. The van der Waals surface area contributed by atoms with E-state index in [0.29, 0.717) is 24.5 Å². The Hall–Kier alpha value is -1.35. The molecule has 0 bridgehead atoms. The van der Waals surface area contributed by atoms with Gasteiger partial charge >= 0.3 is 0 Å². The number of hydrogen-bond donors (Lipinski definition) is 0. The van der Waals surface area contributed by atoms with E-state index in [0.717, 1.165) is 31.8 Å². The summed E-state index contributed by atoms with van der Waals surface area (Å²) in [5.74, 6) is 1.63. The fourth-order valence-corrected chi connectivity index (χ4v) is 2.59. The predicted molar refractivity (Wildman–Crippen MR) is 87.9 cm³/mol. The monoisotopic (exact) mass is 291 g/mol. The molecule has 0 spiro atoms. The van der Waals surface area contributed by atoms with Gasteiger partial charge in [0.25, 0.3) is 0 Å². The van der Waals surface area contributed by atoms with Gasteiger partial charge in [0, 0.05) is 19.4 Å². The van der Waals surface area contributed by atoms with Gasteiger partial charge in [-0.25, -0.2) is 0 Å². The Balaban J connectivity index is 2.38. The number of methoxy groups -OCH3 is 1. The zero-order valence-corrected chi connectivity index (χ0v) is 13.9. The van der Waals surface area contributed by atoms with Crippen LogP contribution in [0.5, 0.6) is 5.75 Å². The van der Waals surface area contributed by atoms with Crippen LogP contribution in [-0.4, -0.2) is 37.4 Å². The Morgan fingerprint density at radius 1 is 1.29 bits per heavy atom. The van der Waals surface area contributed by atoms with E-state index in [4.69, 9.17) is 4.74 Å². The third-order valence-corrected chi connectivity index (χ3v) is 3.90. The van der Waals surface area contributed by atoms with Gasteiger partial charge in [-0.2, -0.15) is 0 Å². The highest BCUT2D eigenvalue weighted by molar-refractivity contribution is 5.78. The van der Waals surface area contributed by atoms with Crippen molar-refractivity contribution >= 4 is 5.78 Å². The molecular formula is C18H29NO2. The van der Waals surface area contributed by atoms with Crippen LogP contribution in [0, 0.1) is 5.92 Å². The topological polar surface area (TPSA) is 29.5 Å². The quantitative estimate of drug-likeness (QED) is 0.660. The van der Waals surface area contributed by atoms with Crippen LogP contribution in [0.4, 0.5) is 0 Å². The average Bonchev–Trinajstić information content (AvgIpc) is 2.48. The zero-order valence-electron chi connectivity index (χ0n) is 13.9. The Labute approximate surface area is 129 Å². The first-order valence-electron chi connectivity index (χ1n) is 7.96. The summed E-state index contributed by atoms with van der Waals surface area (Å²) >= 11 is 0. The first-order chi connectivity index (χ1) is 10.1. The Morgan fingerprint density at radius 3 is 2.62 bits per heavy atom.